The number of alkyl halides is 1. The molecule has 0 amide bonds. The van der Waals surface area contributed by atoms with Crippen LogP contribution in [0.25, 0.3) is 0 Å². The summed E-state index contributed by atoms with van der Waals surface area (Å²) in [6, 6.07) is 0. The molecule has 1 aromatic rings. The average molecular weight is 277 g/mol. The molecule has 0 saturated heterocycles. The summed E-state index contributed by atoms with van der Waals surface area (Å²) in [5, 5.41) is 3.20. The van der Waals surface area contributed by atoms with Crippen molar-refractivity contribution < 1.29 is 0 Å². The van der Waals surface area contributed by atoms with E-state index in [4.69, 9.17) is 0 Å². The van der Waals surface area contributed by atoms with Crippen LogP contribution in [0.3, 0.4) is 0 Å². The minimum Gasteiger partial charge on any atom is -0.300 e. The maximum absolute atomic E-state index is 4.28. The molecule has 80 valence electrons. The predicted octanol–water partition coefficient (Wildman–Crippen LogP) is 3.00. The van der Waals surface area contributed by atoms with Gasteiger partial charge in [-0.1, -0.05) is 29.3 Å². The third kappa shape index (κ3) is 4.07. The maximum atomic E-state index is 4.28. The van der Waals surface area contributed by atoms with E-state index in [9.17, 15) is 0 Å². The van der Waals surface area contributed by atoms with Crippen LogP contribution in [-0.4, -0.2) is 28.8 Å². The van der Waals surface area contributed by atoms with Gasteiger partial charge in [0.05, 0.1) is 11.2 Å². The van der Waals surface area contributed by atoms with Crippen molar-refractivity contribution in [1.29, 1.82) is 0 Å². The fourth-order valence-corrected chi connectivity index (χ4v) is 2.60. The second-order valence-corrected chi connectivity index (χ2v) is 4.97. The molecule has 0 bridgehead atoms. The van der Waals surface area contributed by atoms with Crippen LogP contribution in [0, 0.1) is 5.92 Å². The number of halogens is 1. The highest BCUT2D eigenvalue weighted by atomic mass is 79.9. The summed E-state index contributed by atoms with van der Waals surface area (Å²) in [6.45, 7) is 4.34. The summed E-state index contributed by atoms with van der Waals surface area (Å²) in [4.78, 5) is 6.62. The van der Waals surface area contributed by atoms with E-state index >= 15 is 0 Å². The Kier molecular flexibility index (Phi) is 5.67. The van der Waals surface area contributed by atoms with Gasteiger partial charge in [0.25, 0.3) is 0 Å². The summed E-state index contributed by atoms with van der Waals surface area (Å²) in [5.41, 5.74) is 3.08. The number of aromatic nitrogens is 1. The van der Waals surface area contributed by atoms with Gasteiger partial charge in [0.1, 0.15) is 0 Å². The molecule has 0 aliphatic carbocycles. The summed E-state index contributed by atoms with van der Waals surface area (Å²) in [7, 11) is 2.16. The fourth-order valence-electron chi connectivity index (χ4n) is 1.38. The first kappa shape index (κ1) is 12.1. The molecule has 1 unspecified atom stereocenters. The van der Waals surface area contributed by atoms with Crippen molar-refractivity contribution in [3.05, 3.63) is 16.6 Å². The standard InChI is InChI=1S/C10H17BrN2S/c1-3-9(4-11)5-13(2)6-10-7-14-8-12-10/h7-9H,3-6H2,1-2H3. The Morgan fingerprint density at radius 2 is 2.43 bits per heavy atom. The Labute approximate surface area is 98.5 Å². The van der Waals surface area contributed by atoms with Gasteiger partial charge in [-0.2, -0.15) is 0 Å². The number of rotatable bonds is 6. The fraction of sp³-hybridized carbons (Fsp3) is 0.700. The average Bonchev–Trinajstić information content (AvgIpc) is 2.66. The van der Waals surface area contributed by atoms with E-state index in [0.717, 1.165) is 24.3 Å². The molecular weight excluding hydrogens is 260 g/mol. The van der Waals surface area contributed by atoms with E-state index in [2.05, 4.69) is 45.2 Å². The molecule has 0 spiro atoms. The van der Waals surface area contributed by atoms with E-state index in [1.54, 1.807) is 11.3 Å². The second-order valence-electron chi connectivity index (χ2n) is 3.61. The topological polar surface area (TPSA) is 16.1 Å². The van der Waals surface area contributed by atoms with Gasteiger partial charge in [-0.3, -0.25) is 0 Å². The van der Waals surface area contributed by atoms with Crippen molar-refractivity contribution in [2.75, 3.05) is 18.9 Å². The normalized spacial score (nSPS) is 13.4. The SMILES string of the molecule is CCC(CBr)CN(C)Cc1cscn1. The van der Waals surface area contributed by atoms with Gasteiger partial charge in [0.2, 0.25) is 0 Å². The van der Waals surface area contributed by atoms with Crippen LogP contribution in [0.5, 0.6) is 0 Å². The van der Waals surface area contributed by atoms with Crippen molar-refractivity contribution in [1.82, 2.24) is 9.88 Å². The molecule has 1 atom stereocenters. The Morgan fingerprint density at radius 1 is 1.64 bits per heavy atom. The lowest BCUT2D eigenvalue weighted by molar-refractivity contribution is 0.276. The summed E-state index contributed by atoms with van der Waals surface area (Å²) in [6.07, 6.45) is 1.23. The summed E-state index contributed by atoms with van der Waals surface area (Å²) >= 11 is 5.21. The highest BCUT2D eigenvalue weighted by molar-refractivity contribution is 9.09. The third-order valence-electron chi connectivity index (χ3n) is 2.28. The number of hydrogen-bond donors (Lipinski definition) is 0. The van der Waals surface area contributed by atoms with Crippen LogP contribution in [-0.2, 0) is 6.54 Å². The van der Waals surface area contributed by atoms with Crippen molar-refractivity contribution in [3.63, 3.8) is 0 Å². The van der Waals surface area contributed by atoms with Crippen LogP contribution in [0.15, 0.2) is 10.9 Å². The zero-order chi connectivity index (χ0) is 10.4. The zero-order valence-electron chi connectivity index (χ0n) is 8.74. The van der Waals surface area contributed by atoms with Gasteiger partial charge in [-0.25, -0.2) is 4.98 Å². The van der Waals surface area contributed by atoms with Crippen molar-refractivity contribution >= 4 is 27.3 Å². The molecule has 1 heterocycles. The quantitative estimate of drug-likeness (QED) is 0.743. The maximum Gasteiger partial charge on any atom is 0.0795 e. The van der Waals surface area contributed by atoms with Crippen LogP contribution in [0.2, 0.25) is 0 Å². The molecule has 4 heteroatoms. The van der Waals surface area contributed by atoms with E-state index in [1.165, 1.54) is 12.1 Å². The number of thiazole rings is 1. The third-order valence-corrected chi connectivity index (χ3v) is 3.83. The molecule has 1 aromatic heterocycles. The van der Waals surface area contributed by atoms with Crippen LogP contribution in [0.1, 0.15) is 19.0 Å². The lowest BCUT2D eigenvalue weighted by atomic mass is 10.1. The Morgan fingerprint density at radius 3 is 2.93 bits per heavy atom. The molecule has 0 aliphatic rings. The molecule has 2 nitrogen and oxygen atoms in total. The first-order valence-electron chi connectivity index (χ1n) is 4.87. The molecule has 0 saturated carbocycles. The van der Waals surface area contributed by atoms with Crippen molar-refractivity contribution in [2.24, 2.45) is 5.92 Å². The monoisotopic (exact) mass is 276 g/mol. The zero-order valence-corrected chi connectivity index (χ0v) is 11.1. The minimum atomic E-state index is 0.749. The second kappa shape index (κ2) is 6.53. The Bertz CT molecular complexity index is 234. The molecule has 14 heavy (non-hydrogen) atoms. The first-order chi connectivity index (χ1) is 6.76. The van der Waals surface area contributed by atoms with Gasteiger partial charge >= 0.3 is 0 Å². The highest BCUT2D eigenvalue weighted by Gasteiger charge is 2.09. The predicted molar refractivity (Wildman–Crippen MR) is 66.0 cm³/mol. The molecule has 0 radical (unpaired) electrons. The van der Waals surface area contributed by atoms with Gasteiger partial charge < -0.3 is 4.90 Å². The number of nitrogens with zero attached hydrogens (tertiary/aromatic N) is 2. The van der Waals surface area contributed by atoms with Gasteiger partial charge in [-0.15, -0.1) is 11.3 Å². The minimum absolute atomic E-state index is 0.749. The van der Waals surface area contributed by atoms with Crippen LogP contribution < -0.4 is 0 Å². The van der Waals surface area contributed by atoms with Gasteiger partial charge in [0, 0.05) is 23.8 Å². The lowest BCUT2D eigenvalue weighted by Crippen LogP contribution is -2.26. The summed E-state index contributed by atoms with van der Waals surface area (Å²) < 4.78 is 0. The molecular formula is C10H17BrN2S. The largest absolute Gasteiger partial charge is 0.300 e. The van der Waals surface area contributed by atoms with Crippen molar-refractivity contribution in [3.8, 4) is 0 Å². The van der Waals surface area contributed by atoms with Gasteiger partial charge in [0.15, 0.2) is 0 Å². The number of hydrogen-bond acceptors (Lipinski definition) is 3. The van der Waals surface area contributed by atoms with Crippen LogP contribution >= 0.6 is 27.3 Å². The Hall–Kier alpha value is 0.0700. The Balaban J connectivity index is 2.31. The smallest absolute Gasteiger partial charge is 0.0795 e. The lowest BCUT2D eigenvalue weighted by Gasteiger charge is -2.20. The first-order valence-corrected chi connectivity index (χ1v) is 6.94. The van der Waals surface area contributed by atoms with E-state index in [-0.39, 0.29) is 0 Å². The molecule has 0 fully saturated rings. The van der Waals surface area contributed by atoms with Crippen molar-refractivity contribution in [2.45, 2.75) is 19.9 Å². The molecule has 0 aliphatic heterocycles. The van der Waals surface area contributed by atoms with E-state index < -0.39 is 0 Å². The summed E-state index contributed by atoms with van der Waals surface area (Å²) in [5.74, 6) is 0.749. The highest BCUT2D eigenvalue weighted by Crippen LogP contribution is 2.10. The molecule has 1 rings (SSSR count). The van der Waals surface area contributed by atoms with E-state index in [1.807, 2.05) is 5.51 Å². The van der Waals surface area contributed by atoms with E-state index in [0.29, 0.717) is 0 Å². The molecule has 0 aromatic carbocycles. The van der Waals surface area contributed by atoms with Crippen LogP contribution in [0.4, 0.5) is 0 Å². The molecule has 0 N–H and O–H groups in total. The van der Waals surface area contributed by atoms with Gasteiger partial charge in [-0.05, 0) is 13.0 Å².